The molecule has 1 saturated carbocycles. The number of nitrogens with one attached hydrogen (secondary N) is 1. The smallest absolute Gasteiger partial charge is 0.217 e. The standard InChI is InChI=1S/C9H17NO2/c1-6-3-4-8(5-9(6)12)10-7(2)11/h6,8-9,12H,3-5H2,1-2H3,(H,10,11)/t6-,8-,9?/m1/s1. The highest BCUT2D eigenvalue weighted by Gasteiger charge is 2.25. The first-order valence-electron chi connectivity index (χ1n) is 4.54. The van der Waals surface area contributed by atoms with Gasteiger partial charge in [-0.25, -0.2) is 0 Å². The van der Waals surface area contributed by atoms with Crippen LogP contribution >= 0.6 is 0 Å². The average Bonchev–Trinajstić information content (AvgIpc) is 1.96. The fourth-order valence-corrected chi connectivity index (χ4v) is 1.72. The largest absolute Gasteiger partial charge is 0.393 e. The highest BCUT2D eigenvalue weighted by Crippen LogP contribution is 2.23. The Labute approximate surface area is 73.2 Å². The third-order valence-electron chi connectivity index (χ3n) is 2.56. The Morgan fingerprint density at radius 3 is 2.67 bits per heavy atom. The molecule has 3 nitrogen and oxygen atoms in total. The van der Waals surface area contributed by atoms with E-state index in [-0.39, 0.29) is 18.1 Å². The summed E-state index contributed by atoms with van der Waals surface area (Å²) in [6, 6.07) is 0.189. The molecule has 1 aliphatic carbocycles. The number of hydrogen-bond acceptors (Lipinski definition) is 2. The number of carbonyl (C=O) groups excluding carboxylic acids is 1. The van der Waals surface area contributed by atoms with Crippen LogP contribution in [0.15, 0.2) is 0 Å². The molecule has 0 aliphatic heterocycles. The van der Waals surface area contributed by atoms with E-state index in [0.29, 0.717) is 12.3 Å². The van der Waals surface area contributed by atoms with Gasteiger partial charge >= 0.3 is 0 Å². The molecule has 2 N–H and O–H groups in total. The summed E-state index contributed by atoms with van der Waals surface area (Å²) in [5.41, 5.74) is 0. The van der Waals surface area contributed by atoms with Crippen LogP contribution in [0.2, 0.25) is 0 Å². The third kappa shape index (κ3) is 2.48. The van der Waals surface area contributed by atoms with Crippen LogP contribution in [0.4, 0.5) is 0 Å². The number of amides is 1. The van der Waals surface area contributed by atoms with E-state index in [0.717, 1.165) is 12.8 Å². The van der Waals surface area contributed by atoms with Crippen molar-refractivity contribution in [1.29, 1.82) is 0 Å². The van der Waals surface area contributed by atoms with Gasteiger partial charge in [-0.05, 0) is 25.2 Å². The predicted molar refractivity (Wildman–Crippen MR) is 46.6 cm³/mol. The summed E-state index contributed by atoms with van der Waals surface area (Å²) in [7, 11) is 0. The summed E-state index contributed by atoms with van der Waals surface area (Å²) >= 11 is 0. The van der Waals surface area contributed by atoms with Crippen molar-refractivity contribution in [3.05, 3.63) is 0 Å². The third-order valence-corrected chi connectivity index (χ3v) is 2.56. The highest BCUT2D eigenvalue weighted by atomic mass is 16.3. The number of aliphatic hydroxyl groups is 1. The molecule has 3 heteroatoms. The molecule has 0 aromatic rings. The Morgan fingerprint density at radius 1 is 1.50 bits per heavy atom. The van der Waals surface area contributed by atoms with Crippen molar-refractivity contribution in [2.45, 2.75) is 45.3 Å². The van der Waals surface area contributed by atoms with E-state index in [1.54, 1.807) is 0 Å². The predicted octanol–water partition coefficient (Wildman–Crippen LogP) is 0.672. The van der Waals surface area contributed by atoms with Crippen LogP contribution in [0.25, 0.3) is 0 Å². The van der Waals surface area contributed by atoms with E-state index >= 15 is 0 Å². The lowest BCUT2D eigenvalue weighted by atomic mass is 9.85. The van der Waals surface area contributed by atoms with Crippen molar-refractivity contribution in [2.75, 3.05) is 0 Å². The fourth-order valence-electron chi connectivity index (χ4n) is 1.72. The van der Waals surface area contributed by atoms with Crippen LogP contribution in [0.5, 0.6) is 0 Å². The van der Waals surface area contributed by atoms with Crippen molar-refractivity contribution in [2.24, 2.45) is 5.92 Å². The maximum atomic E-state index is 10.7. The van der Waals surface area contributed by atoms with Crippen molar-refractivity contribution in [3.63, 3.8) is 0 Å². The van der Waals surface area contributed by atoms with Crippen molar-refractivity contribution in [1.82, 2.24) is 5.32 Å². The second-order valence-corrected chi connectivity index (χ2v) is 3.76. The molecule has 0 heterocycles. The molecule has 0 aromatic heterocycles. The van der Waals surface area contributed by atoms with Crippen molar-refractivity contribution >= 4 is 5.91 Å². The van der Waals surface area contributed by atoms with Gasteiger partial charge in [0.25, 0.3) is 0 Å². The van der Waals surface area contributed by atoms with Crippen LogP contribution in [0.3, 0.4) is 0 Å². The summed E-state index contributed by atoms with van der Waals surface area (Å²) in [5.74, 6) is 0.386. The minimum absolute atomic E-state index is 0.00162. The maximum absolute atomic E-state index is 10.7. The molecule has 1 aliphatic rings. The van der Waals surface area contributed by atoms with Gasteiger partial charge in [-0.2, -0.15) is 0 Å². The lowest BCUT2D eigenvalue weighted by Crippen LogP contribution is -2.41. The Morgan fingerprint density at radius 2 is 2.17 bits per heavy atom. The Balaban J connectivity index is 2.35. The molecule has 0 saturated heterocycles. The SMILES string of the molecule is CC(=O)N[C@@H]1CC[C@@H](C)C(O)C1. The zero-order valence-electron chi connectivity index (χ0n) is 7.71. The molecule has 70 valence electrons. The Bertz CT molecular complexity index is 170. The van der Waals surface area contributed by atoms with Gasteiger partial charge in [0.2, 0.25) is 5.91 Å². The number of carbonyl (C=O) groups is 1. The number of rotatable bonds is 1. The first kappa shape index (κ1) is 9.52. The lowest BCUT2D eigenvalue weighted by molar-refractivity contribution is -0.120. The minimum atomic E-state index is -0.240. The maximum Gasteiger partial charge on any atom is 0.217 e. The van der Waals surface area contributed by atoms with E-state index in [1.165, 1.54) is 6.92 Å². The Kier molecular flexibility index (Phi) is 3.09. The highest BCUT2D eigenvalue weighted by molar-refractivity contribution is 5.73. The van der Waals surface area contributed by atoms with Gasteiger partial charge in [0.1, 0.15) is 0 Å². The quantitative estimate of drug-likeness (QED) is 0.609. The van der Waals surface area contributed by atoms with Crippen LogP contribution in [0.1, 0.15) is 33.1 Å². The monoisotopic (exact) mass is 171 g/mol. The lowest BCUT2D eigenvalue weighted by Gasteiger charge is -2.31. The summed E-state index contributed by atoms with van der Waals surface area (Å²) < 4.78 is 0. The molecule has 1 rings (SSSR count). The molecule has 1 unspecified atom stereocenters. The zero-order valence-corrected chi connectivity index (χ0v) is 7.71. The van der Waals surface area contributed by atoms with E-state index in [2.05, 4.69) is 12.2 Å². The van der Waals surface area contributed by atoms with E-state index in [4.69, 9.17) is 0 Å². The second kappa shape index (κ2) is 3.90. The molecular formula is C9H17NO2. The topological polar surface area (TPSA) is 49.3 Å². The molecule has 0 aromatic carbocycles. The van der Waals surface area contributed by atoms with Crippen LogP contribution in [-0.4, -0.2) is 23.2 Å². The molecule has 3 atom stereocenters. The molecule has 1 fully saturated rings. The van der Waals surface area contributed by atoms with E-state index in [9.17, 15) is 9.90 Å². The average molecular weight is 171 g/mol. The summed E-state index contributed by atoms with van der Waals surface area (Å²) in [6.45, 7) is 3.57. The summed E-state index contributed by atoms with van der Waals surface area (Å²) in [5, 5.41) is 12.3. The van der Waals surface area contributed by atoms with Crippen molar-refractivity contribution in [3.8, 4) is 0 Å². The molecule has 0 bridgehead atoms. The van der Waals surface area contributed by atoms with Crippen LogP contribution in [0, 0.1) is 5.92 Å². The summed E-state index contributed by atoms with van der Waals surface area (Å²) in [4.78, 5) is 10.7. The first-order valence-corrected chi connectivity index (χ1v) is 4.54. The van der Waals surface area contributed by atoms with Crippen molar-refractivity contribution < 1.29 is 9.90 Å². The van der Waals surface area contributed by atoms with Gasteiger partial charge in [0, 0.05) is 13.0 Å². The summed E-state index contributed by atoms with van der Waals surface area (Å²) in [6.07, 6.45) is 2.47. The van der Waals surface area contributed by atoms with Gasteiger partial charge in [-0.15, -0.1) is 0 Å². The molecular weight excluding hydrogens is 154 g/mol. The second-order valence-electron chi connectivity index (χ2n) is 3.76. The minimum Gasteiger partial charge on any atom is -0.393 e. The van der Waals surface area contributed by atoms with E-state index < -0.39 is 0 Å². The van der Waals surface area contributed by atoms with Crippen LogP contribution < -0.4 is 5.32 Å². The molecule has 1 amide bonds. The van der Waals surface area contributed by atoms with Gasteiger partial charge in [0.05, 0.1) is 6.10 Å². The van der Waals surface area contributed by atoms with Gasteiger partial charge < -0.3 is 10.4 Å². The van der Waals surface area contributed by atoms with Crippen LogP contribution in [-0.2, 0) is 4.79 Å². The normalized spacial score (nSPS) is 36.1. The number of aliphatic hydroxyl groups excluding tert-OH is 1. The van der Waals surface area contributed by atoms with Gasteiger partial charge in [-0.1, -0.05) is 6.92 Å². The van der Waals surface area contributed by atoms with Gasteiger partial charge in [-0.3, -0.25) is 4.79 Å². The molecule has 12 heavy (non-hydrogen) atoms. The fraction of sp³-hybridized carbons (Fsp3) is 0.889. The molecule has 0 spiro atoms. The van der Waals surface area contributed by atoms with E-state index in [1.807, 2.05) is 0 Å². The first-order chi connectivity index (χ1) is 5.59. The number of hydrogen-bond donors (Lipinski definition) is 2. The van der Waals surface area contributed by atoms with Gasteiger partial charge in [0.15, 0.2) is 0 Å². The zero-order chi connectivity index (χ0) is 9.14. The molecule has 0 radical (unpaired) electrons. The Hall–Kier alpha value is -0.570.